The average Bonchev–Trinajstić information content (AvgIpc) is 2.71. The molecule has 0 atom stereocenters. The lowest BCUT2D eigenvalue weighted by Gasteiger charge is -2.23. The van der Waals surface area contributed by atoms with E-state index < -0.39 is 11.7 Å². The Morgan fingerprint density at radius 1 is 1.32 bits per heavy atom. The van der Waals surface area contributed by atoms with Gasteiger partial charge in [0.2, 0.25) is 0 Å². The van der Waals surface area contributed by atoms with E-state index in [-0.39, 0.29) is 11.1 Å². The number of carbonyl (C=O) groups is 1. The van der Waals surface area contributed by atoms with Crippen molar-refractivity contribution in [3.8, 4) is 0 Å². The monoisotopic (exact) mass is 336 g/mol. The molecule has 1 aliphatic heterocycles. The zero-order valence-electron chi connectivity index (χ0n) is 12.0. The third-order valence-corrected chi connectivity index (χ3v) is 3.72. The quantitative estimate of drug-likeness (QED) is 0.857. The minimum atomic E-state index is -4.47. The van der Waals surface area contributed by atoms with Crippen molar-refractivity contribution in [1.82, 2.24) is 15.2 Å². The first-order chi connectivity index (χ1) is 10.3. The first-order valence-electron chi connectivity index (χ1n) is 6.77. The molecule has 0 aliphatic carbocycles. The second-order valence-corrected chi connectivity index (χ2v) is 5.32. The van der Waals surface area contributed by atoms with Crippen molar-refractivity contribution in [2.24, 2.45) is 0 Å². The van der Waals surface area contributed by atoms with Crippen LogP contribution >= 0.6 is 11.6 Å². The van der Waals surface area contributed by atoms with Gasteiger partial charge >= 0.3 is 12.2 Å². The van der Waals surface area contributed by atoms with E-state index >= 15 is 0 Å². The summed E-state index contributed by atoms with van der Waals surface area (Å²) in [7, 11) is 1.55. The first-order valence-corrected chi connectivity index (χ1v) is 7.15. The molecule has 0 unspecified atom stereocenters. The highest BCUT2D eigenvalue weighted by atomic mass is 35.5. The maximum atomic E-state index is 12.6. The fraction of sp³-hybridized carbons (Fsp3) is 0.538. The highest BCUT2D eigenvalue weighted by Crippen LogP contribution is 2.33. The zero-order valence-corrected chi connectivity index (χ0v) is 12.7. The predicted octanol–water partition coefficient (Wildman–Crippen LogP) is 2.61. The Hall–Kier alpha value is -1.70. The van der Waals surface area contributed by atoms with Crippen molar-refractivity contribution < 1.29 is 18.0 Å². The summed E-state index contributed by atoms with van der Waals surface area (Å²) in [5.74, 6) is 0.313. The van der Waals surface area contributed by atoms with E-state index in [9.17, 15) is 18.0 Å². The number of carbonyl (C=O) groups excluding carboxylic acids is 1. The van der Waals surface area contributed by atoms with Crippen LogP contribution in [0.5, 0.6) is 0 Å². The molecular formula is C13H16ClF3N4O. The smallest absolute Gasteiger partial charge is 0.354 e. The number of pyridine rings is 1. The van der Waals surface area contributed by atoms with Gasteiger partial charge in [-0.05, 0) is 12.5 Å². The zero-order chi connectivity index (χ0) is 16.3. The number of nitrogens with one attached hydrogen (secondary N) is 1. The van der Waals surface area contributed by atoms with E-state index in [1.165, 1.54) is 0 Å². The van der Waals surface area contributed by atoms with Gasteiger partial charge < -0.3 is 15.1 Å². The van der Waals surface area contributed by atoms with Gasteiger partial charge in [0.05, 0.1) is 10.6 Å². The normalized spacial score (nSPS) is 16.4. The van der Waals surface area contributed by atoms with Crippen LogP contribution in [0.1, 0.15) is 12.0 Å². The molecule has 22 heavy (non-hydrogen) atoms. The fourth-order valence-corrected chi connectivity index (χ4v) is 2.59. The number of hydrogen-bond acceptors (Lipinski definition) is 3. The van der Waals surface area contributed by atoms with Gasteiger partial charge in [0.1, 0.15) is 5.82 Å². The Labute approximate surface area is 131 Å². The minimum Gasteiger partial charge on any atom is -0.354 e. The van der Waals surface area contributed by atoms with Crippen LogP contribution in [0, 0.1) is 0 Å². The molecule has 122 valence electrons. The number of alkyl halides is 3. The molecule has 2 rings (SSSR count). The van der Waals surface area contributed by atoms with Crippen molar-refractivity contribution in [2.75, 3.05) is 38.1 Å². The summed E-state index contributed by atoms with van der Waals surface area (Å²) in [6, 6.07) is 0.707. The van der Waals surface area contributed by atoms with Crippen LogP contribution in [0.3, 0.4) is 0 Å². The molecule has 1 aromatic rings. The Morgan fingerprint density at radius 3 is 2.64 bits per heavy atom. The lowest BCUT2D eigenvalue weighted by atomic mass is 10.2. The van der Waals surface area contributed by atoms with Gasteiger partial charge in [-0.25, -0.2) is 9.78 Å². The van der Waals surface area contributed by atoms with Gasteiger partial charge in [-0.3, -0.25) is 0 Å². The maximum Gasteiger partial charge on any atom is 0.417 e. The van der Waals surface area contributed by atoms with Gasteiger partial charge in [0.25, 0.3) is 0 Å². The van der Waals surface area contributed by atoms with E-state index in [0.29, 0.717) is 38.4 Å². The molecule has 2 amide bonds. The number of aromatic nitrogens is 1. The molecule has 1 N–H and O–H groups in total. The second-order valence-electron chi connectivity index (χ2n) is 4.91. The van der Waals surface area contributed by atoms with Crippen LogP contribution < -0.4 is 10.2 Å². The van der Waals surface area contributed by atoms with E-state index in [1.54, 1.807) is 16.8 Å². The van der Waals surface area contributed by atoms with E-state index in [4.69, 9.17) is 11.6 Å². The third-order valence-electron chi connectivity index (χ3n) is 3.45. The summed E-state index contributed by atoms with van der Waals surface area (Å²) in [6.07, 6.45) is -3.00. The lowest BCUT2D eigenvalue weighted by molar-refractivity contribution is -0.137. The second kappa shape index (κ2) is 6.60. The molecule has 1 aliphatic rings. The number of anilines is 1. The highest BCUT2D eigenvalue weighted by molar-refractivity contribution is 6.33. The van der Waals surface area contributed by atoms with Crippen molar-refractivity contribution >= 4 is 23.4 Å². The average molecular weight is 337 g/mol. The maximum absolute atomic E-state index is 12.6. The number of hydrogen-bond donors (Lipinski definition) is 1. The third kappa shape index (κ3) is 3.73. The molecule has 2 heterocycles. The molecule has 0 bridgehead atoms. The van der Waals surface area contributed by atoms with E-state index in [2.05, 4.69) is 10.3 Å². The largest absolute Gasteiger partial charge is 0.417 e. The van der Waals surface area contributed by atoms with Crippen molar-refractivity contribution in [3.63, 3.8) is 0 Å². The summed E-state index contributed by atoms with van der Waals surface area (Å²) in [5.41, 5.74) is -0.872. The Morgan fingerprint density at radius 2 is 2.05 bits per heavy atom. The van der Waals surface area contributed by atoms with Crippen LogP contribution in [0.15, 0.2) is 12.3 Å². The van der Waals surface area contributed by atoms with Gasteiger partial charge in [-0.2, -0.15) is 13.2 Å². The molecular weight excluding hydrogens is 321 g/mol. The number of urea groups is 1. The summed E-state index contributed by atoms with van der Waals surface area (Å²) in [6.45, 7) is 2.07. The molecule has 1 saturated heterocycles. The Balaban J connectivity index is 2.14. The molecule has 0 aromatic carbocycles. The first kappa shape index (κ1) is 16.7. The predicted molar refractivity (Wildman–Crippen MR) is 77.1 cm³/mol. The molecule has 0 saturated carbocycles. The fourth-order valence-electron chi connectivity index (χ4n) is 2.31. The summed E-state index contributed by atoms with van der Waals surface area (Å²) < 4.78 is 37.9. The number of rotatable bonds is 1. The number of halogens is 4. The summed E-state index contributed by atoms with van der Waals surface area (Å²) >= 11 is 5.95. The van der Waals surface area contributed by atoms with Gasteiger partial charge in [-0.15, -0.1) is 0 Å². The van der Waals surface area contributed by atoms with Gasteiger partial charge in [0, 0.05) is 39.4 Å². The van der Waals surface area contributed by atoms with Gasteiger partial charge in [0.15, 0.2) is 0 Å². The molecule has 0 spiro atoms. The topological polar surface area (TPSA) is 48.5 Å². The summed E-state index contributed by atoms with van der Waals surface area (Å²) in [4.78, 5) is 18.9. The lowest BCUT2D eigenvalue weighted by Crippen LogP contribution is -2.40. The standard InChI is InChI=1S/C13H16ClF3N4O/c1-18-12(22)21-4-2-3-20(5-6-21)11-10(14)7-9(8-19-11)13(15,16)17/h7-8H,2-6H2,1H3,(H,18,22). The van der Waals surface area contributed by atoms with Crippen LogP contribution in [0.2, 0.25) is 5.02 Å². The van der Waals surface area contributed by atoms with Crippen molar-refractivity contribution in [1.29, 1.82) is 0 Å². The van der Waals surface area contributed by atoms with Crippen LogP contribution in [0.25, 0.3) is 0 Å². The highest BCUT2D eigenvalue weighted by Gasteiger charge is 2.32. The van der Waals surface area contributed by atoms with Crippen molar-refractivity contribution in [3.05, 3.63) is 22.8 Å². The Kier molecular flexibility index (Phi) is 5.00. The van der Waals surface area contributed by atoms with Crippen molar-refractivity contribution in [2.45, 2.75) is 12.6 Å². The van der Waals surface area contributed by atoms with E-state index in [1.807, 2.05) is 0 Å². The molecule has 1 aromatic heterocycles. The van der Waals surface area contributed by atoms with E-state index in [0.717, 1.165) is 12.3 Å². The van der Waals surface area contributed by atoms with Crippen LogP contribution in [-0.4, -0.2) is 49.1 Å². The molecule has 1 fully saturated rings. The molecule has 5 nitrogen and oxygen atoms in total. The Bertz CT molecular complexity index is 553. The SMILES string of the molecule is CNC(=O)N1CCCN(c2ncc(C(F)(F)F)cc2Cl)CC1. The molecule has 9 heteroatoms. The van der Waals surface area contributed by atoms with Crippen LogP contribution in [0.4, 0.5) is 23.8 Å². The number of amides is 2. The summed E-state index contributed by atoms with van der Waals surface area (Å²) in [5, 5.41) is 2.52. The van der Waals surface area contributed by atoms with Gasteiger partial charge in [-0.1, -0.05) is 11.6 Å². The minimum absolute atomic E-state index is 0.0387. The number of nitrogens with zero attached hydrogens (tertiary/aromatic N) is 3. The molecule has 0 radical (unpaired) electrons. The van der Waals surface area contributed by atoms with Crippen LogP contribution in [-0.2, 0) is 6.18 Å².